The van der Waals surface area contributed by atoms with Crippen LogP contribution in [0.1, 0.15) is 27.9 Å². The largest absolute Gasteiger partial charge is 0.478 e. The van der Waals surface area contributed by atoms with Crippen molar-refractivity contribution in [3.63, 3.8) is 0 Å². The predicted octanol–water partition coefficient (Wildman–Crippen LogP) is 2.80. The van der Waals surface area contributed by atoms with Crippen molar-refractivity contribution in [2.75, 3.05) is 0 Å². The Morgan fingerprint density at radius 1 is 1.33 bits per heavy atom. The van der Waals surface area contributed by atoms with Gasteiger partial charge in [-0.25, -0.2) is 13.6 Å². The molecule has 0 aliphatic carbocycles. The molecule has 0 saturated heterocycles. The quantitative estimate of drug-likeness (QED) is 0.848. The number of benzene rings is 1. The molecule has 1 N–H and O–H groups in total. The lowest BCUT2D eigenvalue weighted by Gasteiger charge is -2.11. The smallest absolute Gasteiger partial charge is 0.387 e. The van der Waals surface area contributed by atoms with Gasteiger partial charge in [0.05, 0.1) is 5.56 Å². The molecule has 18 heavy (non-hydrogen) atoms. The molecule has 0 aliphatic heterocycles. The zero-order valence-electron chi connectivity index (χ0n) is 8.53. The van der Waals surface area contributed by atoms with Crippen molar-refractivity contribution < 1.29 is 32.2 Å². The second-order valence-corrected chi connectivity index (χ2v) is 3.00. The van der Waals surface area contributed by atoms with Crippen molar-refractivity contribution in [1.82, 2.24) is 0 Å². The van der Waals surface area contributed by atoms with E-state index in [9.17, 15) is 22.4 Å². The fraction of sp³-hybridized carbons (Fsp3) is 0.200. The third-order valence-corrected chi connectivity index (χ3v) is 1.98. The number of aromatic carboxylic acids is 1. The molecule has 0 amide bonds. The highest BCUT2D eigenvalue weighted by Gasteiger charge is 2.25. The fourth-order valence-electron chi connectivity index (χ4n) is 1.32. The molecule has 0 heterocycles. The van der Waals surface area contributed by atoms with Gasteiger partial charge in [-0.05, 0) is 12.1 Å². The van der Waals surface area contributed by atoms with Crippen LogP contribution in [-0.2, 0) is 0 Å². The predicted molar refractivity (Wildman–Crippen MR) is 49.7 cm³/mol. The summed E-state index contributed by atoms with van der Waals surface area (Å²) in [6.45, 7) is -3.30. The summed E-state index contributed by atoms with van der Waals surface area (Å²) < 4.78 is 53.0. The lowest BCUT2D eigenvalue weighted by molar-refractivity contribution is -0.0501. The molecule has 0 unspecified atom stereocenters. The van der Waals surface area contributed by atoms with Gasteiger partial charge in [0.15, 0.2) is 0 Å². The maximum atomic E-state index is 12.5. The molecular formula is C10H5F4NO3. The minimum absolute atomic E-state index is 0.632. The molecule has 0 aromatic heterocycles. The van der Waals surface area contributed by atoms with Crippen molar-refractivity contribution in [3.8, 4) is 11.8 Å². The Balaban J connectivity index is 3.49. The van der Waals surface area contributed by atoms with Gasteiger partial charge in [0.2, 0.25) is 0 Å². The Morgan fingerprint density at radius 2 is 1.94 bits per heavy atom. The van der Waals surface area contributed by atoms with Crippen LogP contribution in [0.25, 0.3) is 0 Å². The van der Waals surface area contributed by atoms with Crippen LogP contribution in [0.3, 0.4) is 0 Å². The Morgan fingerprint density at radius 3 is 2.33 bits per heavy atom. The first-order chi connectivity index (χ1) is 8.38. The van der Waals surface area contributed by atoms with E-state index in [0.29, 0.717) is 12.1 Å². The summed E-state index contributed by atoms with van der Waals surface area (Å²) in [5.74, 6) is -2.57. The number of nitrogens with zero attached hydrogens (tertiary/aromatic N) is 1. The van der Waals surface area contributed by atoms with E-state index in [0.717, 1.165) is 0 Å². The molecule has 0 saturated carbocycles. The van der Waals surface area contributed by atoms with E-state index in [2.05, 4.69) is 4.74 Å². The number of ether oxygens (including phenoxy) is 1. The van der Waals surface area contributed by atoms with Crippen LogP contribution in [0.15, 0.2) is 12.1 Å². The zero-order chi connectivity index (χ0) is 13.9. The summed E-state index contributed by atoms with van der Waals surface area (Å²) in [5.41, 5.74) is -2.83. The number of alkyl halides is 4. The van der Waals surface area contributed by atoms with Crippen molar-refractivity contribution in [1.29, 1.82) is 5.26 Å². The maximum absolute atomic E-state index is 12.5. The van der Waals surface area contributed by atoms with Crippen molar-refractivity contribution in [2.45, 2.75) is 13.0 Å². The Hall–Kier alpha value is -2.30. The average Bonchev–Trinajstić information content (AvgIpc) is 2.26. The summed E-state index contributed by atoms with van der Waals surface area (Å²) in [6, 6.07) is 2.61. The Bertz CT molecular complexity index is 511. The fourth-order valence-corrected chi connectivity index (χ4v) is 1.32. The minimum Gasteiger partial charge on any atom is -0.478 e. The first-order valence-corrected chi connectivity index (χ1v) is 4.41. The summed E-state index contributed by atoms with van der Waals surface area (Å²) in [5, 5.41) is 17.4. The Labute approximate surface area is 98.0 Å². The van der Waals surface area contributed by atoms with Crippen LogP contribution in [0.2, 0.25) is 0 Å². The standard InChI is InChI=1S/C10H5F4NO3/c11-8(12)4-1-2-6(18-10(13)14)5(3-15)7(4)9(16)17/h1-2,8,10H,(H,16,17). The highest BCUT2D eigenvalue weighted by atomic mass is 19.3. The van der Waals surface area contributed by atoms with Crippen LogP contribution in [0, 0.1) is 11.3 Å². The normalized spacial score (nSPS) is 10.5. The third kappa shape index (κ3) is 2.68. The van der Waals surface area contributed by atoms with Crippen LogP contribution < -0.4 is 4.74 Å². The summed E-state index contributed by atoms with van der Waals surface area (Å²) in [7, 11) is 0. The van der Waals surface area contributed by atoms with E-state index in [4.69, 9.17) is 10.4 Å². The molecule has 1 aromatic carbocycles. The molecule has 96 valence electrons. The van der Waals surface area contributed by atoms with E-state index in [-0.39, 0.29) is 0 Å². The summed E-state index contributed by atoms with van der Waals surface area (Å²) in [6.07, 6.45) is -3.15. The van der Waals surface area contributed by atoms with Crippen LogP contribution in [-0.4, -0.2) is 17.7 Å². The van der Waals surface area contributed by atoms with E-state index < -0.39 is 41.4 Å². The summed E-state index contributed by atoms with van der Waals surface area (Å²) in [4.78, 5) is 10.8. The van der Waals surface area contributed by atoms with Gasteiger partial charge in [0, 0.05) is 5.56 Å². The van der Waals surface area contributed by atoms with Crippen LogP contribution in [0.5, 0.6) is 5.75 Å². The SMILES string of the molecule is N#Cc1c(OC(F)F)ccc(C(F)F)c1C(=O)O. The highest BCUT2D eigenvalue weighted by molar-refractivity contribution is 5.93. The molecule has 4 nitrogen and oxygen atoms in total. The molecule has 0 aliphatic rings. The van der Waals surface area contributed by atoms with E-state index in [1.54, 1.807) is 0 Å². The zero-order valence-corrected chi connectivity index (χ0v) is 8.53. The number of hydrogen-bond acceptors (Lipinski definition) is 3. The topological polar surface area (TPSA) is 70.3 Å². The molecule has 0 fully saturated rings. The van der Waals surface area contributed by atoms with Crippen LogP contribution >= 0.6 is 0 Å². The van der Waals surface area contributed by atoms with Gasteiger partial charge in [0.25, 0.3) is 6.43 Å². The number of nitriles is 1. The van der Waals surface area contributed by atoms with Crippen LogP contribution in [0.4, 0.5) is 17.6 Å². The Kier molecular flexibility index (Phi) is 4.09. The second-order valence-electron chi connectivity index (χ2n) is 3.00. The first-order valence-electron chi connectivity index (χ1n) is 4.41. The van der Waals surface area contributed by atoms with Gasteiger partial charge in [0.1, 0.15) is 17.4 Å². The van der Waals surface area contributed by atoms with E-state index in [1.165, 1.54) is 6.07 Å². The number of hydrogen-bond donors (Lipinski definition) is 1. The van der Waals surface area contributed by atoms with Gasteiger partial charge < -0.3 is 9.84 Å². The lowest BCUT2D eigenvalue weighted by Crippen LogP contribution is -2.10. The first kappa shape index (κ1) is 13.8. The van der Waals surface area contributed by atoms with E-state index in [1.807, 2.05) is 0 Å². The molecule has 8 heteroatoms. The molecule has 1 rings (SSSR count). The number of carboxylic acids is 1. The van der Waals surface area contributed by atoms with Gasteiger partial charge in [-0.1, -0.05) is 0 Å². The van der Waals surface area contributed by atoms with E-state index >= 15 is 0 Å². The molecule has 0 atom stereocenters. The minimum atomic E-state index is -3.30. The molecule has 0 radical (unpaired) electrons. The summed E-state index contributed by atoms with van der Waals surface area (Å²) >= 11 is 0. The monoisotopic (exact) mass is 263 g/mol. The molecule has 0 bridgehead atoms. The van der Waals surface area contributed by atoms with Gasteiger partial charge in [-0.15, -0.1) is 0 Å². The molecule has 1 aromatic rings. The molecule has 0 spiro atoms. The average molecular weight is 263 g/mol. The number of carboxylic acid groups (broad SMARTS) is 1. The van der Waals surface area contributed by atoms with Gasteiger partial charge >= 0.3 is 12.6 Å². The molecular weight excluding hydrogens is 258 g/mol. The highest BCUT2D eigenvalue weighted by Crippen LogP contribution is 2.31. The second kappa shape index (κ2) is 5.35. The third-order valence-electron chi connectivity index (χ3n) is 1.98. The number of rotatable bonds is 4. The number of carbonyl (C=O) groups is 1. The van der Waals surface area contributed by atoms with Gasteiger partial charge in [-0.2, -0.15) is 14.0 Å². The van der Waals surface area contributed by atoms with Gasteiger partial charge in [-0.3, -0.25) is 0 Å². The maximum Gasteiger partial charge on any atom is 0.387 e. The van der Waals surface area contributed by atoms with Crippen molar-refractivity contribution in [2.24, 2.45) is 0 Å². The van der Waals surface area contributed by atoms with Crippen molar-refractivity contribution >= 4 is 5.97 Å². The lowest BCUT2D eigenvalue weighted by atomic mass is 10.0. The van der Waals surface area contributed by atoms with Crippen molar-refractivity contribution in [3.05, 3.63) is 28.8 Å². The number of halogens is 4.